The number of hydrogen-bond donors (Lipinski definition) is 1. The zero-order valence-electron chi connectivity index (χ0n) is 20.1. The van der Waals surface area contributed by atoms with Gasteiger partial charge in [-0.2, -0.15) is 0 Å². The molecule has 1 heterocycles. The largest absolute Gasteiger partial charge is 0.484 e. The van der Waals surface area contributed by atoms with Gasteiger partial charge in [-0.15, -0.1) is 0 Å². The van der Waals surface area contributed by atoms with E-state index in [-0.39, 0.29) is 29.7 Å². The Labute approximate surface area is 227 Å². The van der Waals surface area contributed by atoms with Gasteiger partial charge < -0.3 is 10.1 Å². The van der Waals surface area contributed by atoms with E-state index in [2.05, 4.69) is 21.2 Å². The highest BCUT2D eigenvalue weighted by atomic mass is 79.9. The first kappa shape index (κ1) is 26.4. The molecule has 1 N–H and O–H groups in total. The molecular weight excluding hydrogens is 556 g/mol. The van der Waals surface area contributed by atoms with Crippen LogP contribution in [0.4, 0.5) is 10.5 Å². The number of hydrogen-bond acceptors (Lipinski definition) is 6. The molecule has 0 atom stereocenters. The highest BCUT2D eigenvalue weighted by molar-refractivity contribution is 9.10. The monoisotopic (exact) mass is 578 g/mol. The number of halogens is 1. The number of imide groups is 1. The SMILES string of the molecule is Cc1cc(Br)c(NC(=O)COc2ccc(/C=C3/SC(=O)N(CC(=O)c4ccccc4)C3=O)cc2)cc1C. The summed E-state index contributed by atoms with van der Waals surface area (Å²) in [5.41, 5.74) is 3.97. The Morgan fingerprint density at radius 3 is 2.38 bits per heavy atom. The minimum atomic E-state index is -0.506. The fraction of sp³-hybridized carbons (Fsp3) is 0.143. The zero-order chi connectivity index (χ0) is 26.5. The molecule has 0 spiro atoms. The maximum absolute atomic E-state index is 12.7. The third kappa shape index (κ3) is 6.55. The molecular formula is C28H23BrN2O5S. The van der Waals surface area contributed by atoms with E-state index in [1.165, 1.54) is 0 Å². The molecule has 0 saturated carbocycles. The average molecular weight is 579 g/mol. The summed E-state index contributed by atoms with van der Waals surface area (Å²) in [6.07, 6.45) is 1.59. The van der Waals surface area contributed by atoms with Gasteiger partial charge in [0.25, 0.3) is 17.1 Å². The second-order valence-corrected chi connectivity index (χ2v) is 10.2. The van der Waals surface area contributed by atoms with Crippen molar-refractivity contribution in [2.75, 3.05) is 18.5 Å². The quantitative estimate of drug-likeness (QED) is 0.260. The summed E-state index contributed by atoms with van der Waals surface area (Å²) in [7, 11) is 0. The Kier molecular flexibility index (Phi) is 8.25. The highest BCUT2D eigenvalue weighted by Gasteiger charge is 2.36. The lowest BCUT2D eigenvalue weighted by atomic mass is 10.1. The second kappa shape index (κ2) is 11.6. The fourth-order valence-electron chi connectivity index (χ4n) is 3.52. The van der Waals surface area contributed by atoms with Gasteiger partial charge in [0.2, 0.25) is 0 Å². The molecule has 1 saturated heterocycles. The van der Waals surface area contributed by atoms with E-state index in [9.17, 15) is 19.2 Å². The van der Waals surface area contributed by atoms with Crippen molar-refractivity contribution in [3.8, 4) is 5.75 Å². The van der Waals surface area contributed by atoms with Crippen molar-refractivity contribution in [2.24, 2.45) is 0 Å². The topological polar surface area (TPSA) is 92.8 Å². The van der Waals surface area contributed by atoms with Crippen LogP contribution in [0.15, 0.2) is 76.1 Å². The van der Waals surface area contributed by atoms with Crippen molar-refractivity contribution < 1.29 is 23.9 Å². The predicted molar refractivity (Wildman–Crippen MR) is 148 cm³/mol. The van der Waals surface area contributed by atoms with Gasteiger partial charge in [-0.1, -0.05) is 42.5 Å². The van der Waals surface area contributed by atoms with Crippen LogP contribution in [-0.2, 0) is 9.59 Å². The molecule has 3 aromatic carbocycles. The van der Waals surface area contributed by atoms with Crippen LogP contribution >= 0.6 is 27.7 Å². The van der Waals surface area contributed by atoms with Gasteiger partial charge in [-0.25, -0.2) is 0 Å². The van der Waals surface area contributed by atoms with E-state index in [1.54, 1.807) is 60.7 Å². The number of rotatable bonds is 8. The standard InChI is InChI=1S/C28H23BrN2O5S/c1-17-12-22(29)23(13-18(17)2)30-26(33)16-36-21-10-8-19(9-11-21)14-25-27(34)31(28(35)37-25)15-24(32)20-6-4-3-5-7-20/h3-14H,15-16H2,1-2H3,(H,30,33)/b25-14+. The maximum Gasteiger partial charge on any atom is 0.293 e. The number of anilines is 1. The molecule has 4 rings (SSSR count). The van der Waals surface area contributed by atoms with Gasteiger partial charge in [-0.05, 0) is 88.6 Å². The number of Topliss-reactive ketones (excluding diaryl/α,β-unsaturated/α-hetero) is 1. The van der Waals surface area contributed by atoms with Crippen LogP contribution in [0.3, 0.4) is 0 Å². The maximum atomic E-state index is 12.7. The van der Waals surface area contributed by atoms with Gasteiger partial charge >= 0.3 is 0 Å². The lowest BCUT2D eigenvalue weighted by molar-refractivity contribution is -0.122. The van der Waals surface area contributed by atoms with Gasteiger partial charge in [0.1, 0.15) is 5.75 Å². The van der Waals surface area contributed by atoms with Crippen LogP contribution in [0.1, 0.15) is 27.0 Å². The molecule has 3 amide bonds. The van der Waals surface area contributed by atoms with Crippen LogP contribution in [0.2, 0.25) is 0 Å². The highest BCUT2D eigenvalue weighted by Crippen LogP contribution is 2.32. The summed E-state index contributed by atoms with van der Waals surface area (Å²) in [6, 6.07) is 19.2. The zero-order valence-corrected chi connectivity index (χ0v) is 22.5. The van der Waals surface area contributed by atoms with E-state index >= 15 is 0 Å². The predicted octanol–water partition coefficient (Wildman–Crippen LogP) is 6.00. The molecule has 1 fully saturated rings. The molecule has 0 bridgehead atoms. The molecule has 37 heavy (non-hydrogen) atoms. The summed E-state index contributed by atoms with van der Waals surface area (Å²) in [4.78, 5) is 51.0. The van der Waals surface area contributed by atoms with E-state index in [4.69, 9.17) is 4.74 Å². The van der Waals surface area contributed by atoms with Crippen molar-refractivity contribution in [1.82, 2.24) is 4.90 Å². The number of nitrogens with one attached hydrogen (secondary N) is 1. The summed E-state index contributed by atoms with van der Waals surface area (Å²) in [6.45, 7) is 3.49. The van der Waals surface area contributed by atoms with E-state index < -0.39 is 11.1 Å². The number of benzene rings is 3. The number of ether oxygens (including phenoxy) is 1. The molecule has 9 heteroatoms. The summed E-state index contributed by atoms with van der Waals surface area (Å²) < 4.78 is 6.37. The Bertz CT molecular complexity index is 1400. The van der Waals surface area contributed by atoms with Gasteiger partial charge in [0.05, 0.1) is 17.1 Å². The molecule has 7 nitrogen and oxygen atoms in total. The Morgan fingerprint density at radius 2 is 1.68 bits per heavy atom. The van der Waals surface area contributed by atoms with Crippen molar-refractivity contribution in [2.45, 2.75) is 13.8 Å². The Hall–Kier alpha value is -3.69. The second-order valence-electron chi connectivity index (χ2n) is 8.38. The van der Waals surface area contributed by atoms with E-state index in [1.807, 2.05) is 26.0 Å². The van der Waals surface area contributed by atoms with Crippen LogP contribution < -0.4 is 10.1 Å². The van der Waals surface area contributed by atoms with E-state index in [0.717, 1.165) is 32.3 Å². The first-order chi connectivity index (χ1) is 17.7. The molecule has 0 aliphatic carbocycles. The molecule has 188 valence electrons. The molecule has 0 radical (unpaired) electrons. The van der Waals surface area contributed by atoms with Gasteiger partial charge in [0, 0.05) is 10.0 Å². The summed E-state index contributed by atoms with van der Waals surface area (Å²) >= 11 is 4.25. The minimum Gasteiger partial charge on any atom is -0.484 e. The van der Waals surface area contributed by atoms with Crippen LogP contribution in [0, 0.1) is 13.8 Å². The molecule has 3 aromatic rings. The molecule has 0 unspecified atom stereocenters. The number of amides is 3. The smallest absolute Gasteiger partial charge is 0.293 e. The third-order valence-corrected chi connectivity index (χ3v) is 7.24. The number of carbonyl (C=O) groups is 4. The summed E-state index contributed by atoms with van der Waals surface area (Å²) in [5.74, 6) is -0.631. The number of nitrogens with zero attached hydrogens (tertiary/aromatic N) is 1. The van der Waals surface area contributed by atoms with Crippen molar-refractivity contribution in [1.29, 1.82) is 0 Å². The normalized spacial score (nSPS) is 14.2. The number of ketones is 1. The van der Waals surface area contributed by atoms with Crippen LogP contribution in [0.5, 0.6) is 5.75 Å². The average Bonchev–Trinajstić information content (AvgIpc) is 3.14. The van der Waals surface area contributed by atoms with Crippen LogP contribution in [0.25, 0.3) is 6.08 Å². The van der Waals surface area contributed by atoms with Crippen molar-refractivity contribution in [3.63, 3.8) is 0 Å². The number of carbonyl (C=O) groups excluding carboxylic acids is 4. The Morgan fingerprint density at radius 1 is 1.00 bits per heavy atom. The molecule has 0 aromatic heterocycles. The van der Waals surface area contributed by atoms with Crippen LogP contribution in [-0.4, -0.2) is 40.9 Å². The lowest BCUT2D eigenvalue weighted by Crippen LogP contribution is -2.33. The third-order valence-electron chi connectivity index (χ3n) is 5.68. The Balaban J connectivity index is 1.34. The van der Waals surface area contributed by atoms with Crippen molar-refractivity contribution >= 4 is 62.3 Å². The first-order valence-electron chi connectivity index (χ1n) is 11.3. The lowest BCUT2D eigenvalue weighted by Gasteiger charge is -2.11. The van der Waals surface area contributed by atoms with Gasteiger partial charge in [0.15, 0.2) is 12.4 Å². The summed E-state index contributed by atoms with van der Waals surface area (Å²) in [5, 5.41) is 2.34. The molecule has 1 aliphatic rings. The number of thioether (sulfide) groups is 1. The van der Waals surface area contributed by atoms with E-state index in [0.29, 0.717) is 22.6 Å². The first-order valence-corrected chi connectivity index (χ1v) is 13.0. The fourth-order valence-corrected chi connectivity index (χ4v) is 4.91. The minimum absolute atomic E-state index is 0.174. The molecule has 1 aliphatic heterocycles. The van der Waals surface area contributed by atoms with Gasteiger partial charge in [-0.3, -0.25) is 24.1 Å². The number of aryl methyl sites for hydroxylation is 2. The van der Waals surface area contributed by atoms with Crippen molar-refractivity contribution in [3.05, 3.63) is 98.4 Å².